The fourth-order valence-corrected chi connectivity index (χ4v) is 2.53. The molecule has 1 aliphatic rings. The Morgan fingerprint density at radius 1 is 1.14 bits per heavy atom. The number of amides is 2. The number of anilines is 1. The average Bonchev–Trinajstić information content (AvgIpc) is 2.92. The number of benzene rings is 1. The van der Waals surface area contributed by atoms with Crippen LogP contribution in [0.15, 0.2) is 18.2 Å². The molecule has 0 aliphatic heterocycles. The van der Waals surface area contributed by atoms with E-state index in [2.05, 4.69) is 5.32 Å². The van der Waals surface area contributed by atoms with E-state index in [0.29, 0.717) is 6.07 Å². The molecule has 1 aromatic carbocycles. The molecule has 4 nitrogen and oxygen atoms in total. The molecule has 2 N–H and O–H groups in total. The minimum atomic E-state index is -4.69. The largest absolute Gasteiger partial charge is 0.418 e. The number of nitrogens with one attached hydrogen (secondary N) is 2. The van der Waals surface area contributed by atoms with Crippen molar-refractivity contribution in [3.63, 3.8) is 0 Å². The number of hydrogen-bond acceptors (Lipinski definition) is 2. The van der Waals surface area contributed by atoms with Crippen LogP contribution in [0.2, 0.25) is 5.02 Å². The van der Waals surface area contributed by atoms with Gasteiger partial charge < -0.3 is 10.6 Å². The molecule has 0 aromatic heterocycles. The van der Waals surface area contributed by atoms with E-state index in [1.807, 2.05) is 5.32 Å². The van der Waals surface area contributed by atoms with Crippen LogP contribution in [-0.4, -0.2) is 17.9 Å². The van der Waals surface area contributed by atoms with Gasteiger partial charge in [-0.1, -0.05) is 24.4 Å². The van der Waals surface area contributed by atoms with Crippen LogP contribution in [0.4, 0.5) is 18.9 Å². The molecule has 2 amide bonds. The van der Waals surface area contributed by atoms with Gasteiger partial charge in [0.05, 0.1) is 11.3 Å². The van der Waals surface area contributed by atoms with Crippen molar-refractivity contribution in [2.75, 3.05) is 5.32 Å². The van der Waals surface area contributed by atoms with E-state index in [0.717, 1.165) is 31.7 Å². The fourth-order valence-electron chi connectivity index (χ4n) is 2.36. The zero-order valence-corrected chi connectivity index (χ0v) is 12.2. The molecule has 0 bridgehead atoms. The van der Waals surface area contributed by atoms with Gasteiger partial charge in [-0.05, 0) is 31.0 Å². The molecule has 1 aliphatic carbocycles. The van der Waals surface area contributed by atoms with Gasteiger partial charge >= 0.3 is 18.0 Å². The Morgan fingerprint density at radius 3 is 2.36 bits per heavy atom. The lowest BCUT2D eigenvalue weighted by molar-refractivity contribution is -0.138. The molecule has 1 saturated carbocycles. The molecule has 2 rings (SSSR count). The van der Waals surface area contributed by atoms with Gasteiger partial charge in [0.15, 0.2) is 0 Å². The van der Waals surface area contributed by atoms with Crippen molar-refractivity contribution < 1.29 is 22.8 Å². The zero-order valence-electron chi connectivity index (χ0n) is 11.5. The molecule has 0 saturated heterocycles. The Morgan fingerprint density at radius 2 is 1.77 bits per heavy atom. The minimum Gasteiger partial charge on any atom is -0.345 e. The first-order chi connectivity index (χ1) is 10.3. The van der Waals surface area contributed by atoms with Gasteiger partial charge in [-0.25, -0.2) is 0 Å². The van der Waals surface area contributed by atoms with Gasteiger partial charge in [0.2, 0.25) is 0 Å². The van der Waals surface area contributed by atoms with E-state index in [-0.39, 0.29) is 11.1 Å². The number of halogens is 4. The number of carbonyl (C=O) groups excluding carboxylic acids is 2. The first-order valence-corrected chi connectivity index (χ1v) is 7.14. The molecule has 120 valence electrons. The maximum absolute atomic E-state index is 12.9. The number of carbonyl (C=O) groups is 2. The lowest BCUT2D eigenvalue weighted by Gasteiger charge is -2.15. The molecular formula is C14H14ClF3N2O2. The third-order valence-corrected chi connectivity index (χ3v) is 3.67. The fraction of sp³-hybridized carbons (Fsp3) is 0.429. The monoisotopic (exact) mass is 334 g/mol. The molecule has 0 unspecified atom stereocenters. The van der Waals surface area contributed by atoms with Gasteiger partial charge in [0.25, 0.3) is 0 Å². The molecule has 0 radical (unpaired) electrons. The third-order valence-electron chi connectivity index (χ3n) is 3.43. The first kappa shape index (κ1) is 16.6. The number of hydrogen-bond donors (Lipinski definition) is 2. The van der Waals surface area contributed by atoms with E-state index in [1.165, 1.54) is 6.07 Å². The van der Waals surface area contributed by atoms with Crippen molar-refractivity contribution in [1.29, 1.82) is 0 Å². The lowest BCUT2D eigenvalue weighted by Crippen LogP contribution is -2.40. The summed E-state index contributed by atoms with van der Waals surface area (Å²) in [5, 5.41) is 4.39. The highest BCUT2D eigenvalue weighted by Crippen LogP contribution is 2.36. The molecule has 0 atom stereocenters. The highest BCUT2D eigenvalue weighted by molar-refractivity contribution is 6.39. The SMILES string of the molecule is O=C(Nc1ccc(Cl)cc1C(F)(F)F)C(=O)NC1CCCC1. The van der Waals surface area contributed by atoms with Crippen molar-refractivity contribution >= 4 is 29.1 Å². The first-order valence-electron chi connectivity index (χ1n) is 6.76. The summed E-state index contributed by atoms with van der Waals surface area (Å²) < 4.78 is 38.7. The van der Waals surface area contributed by atoms with Crippen molar-refractivity contribution in [2.45, 2.75) is 37.9 Å². The lowest BCUT2D eigenvalue weighted by atomic mass is 10.1. The van der Waals surface area contributed by atoms with Crippen molar-refractivity contribution in [1.82, 2.24) is 5.32 Å². The zero-order chi connectivity index (χ0) is 16.3. The number of rotatable bonds is 2. The summed E-state index contributed by atoms with van der Waals surface area (Å²) in [6, 6.07) is 2.84. The predicted octanol–water partition coefficient (Wildman–Crippen LogP) is 3.36. The molecule has 0 spiro atoms. The second-order valence-electron chi connectivity index (χ2n) is 5.10. The summed E-state index contributed by atoms with van der Waals surface area (Å²) in [5.74, 6) is -2.06. The Kier molecular flexibility index (Phi) is 4.95. The van der Waals surface area contributed by atoms with Gasteiger partial charge in [-0.3, -0.25) is 9.59 Å². The highest BCUT2D eigenvalue weighted by Gasteiger charge is 2.34. The Bertz CT molecular complexity index is 584. The molecular weight excluding hydrogens is 321 g/mol. The summed E-state index contributed by atoms with van der Waals surface area (Å²) in [7, 11) is 0. The predicted molar refractivity (Wildman–Crippen MR) is 75.5 cm³/mol. The maximum Gasteiger partial charge on any atom is 0.418 e. The van der Waals surface area contributed by atoms with Crippen molar-refractivity contribution in [3.8, 4) is 0 Å². The van der Waals surface area contributed by atoms with Crippen LogP contribution in [-0.2, 0) is 15.8 Å². The molecule has 1 aromatic rings. The summed E-state index contributed by atoms with van der Waals surface area (Å²) in [6.45, 7) is 0. The van der Waals surface area contributed by atoms with Crippen LogP contribution < -0.4 is 10.6 Å². The van der Waals surface area contributed by atoms with E-state index in [9.17, 15) is 22.8 Å². The summed E-state index contributed by atoms with van der Waals surface area (Å²) in [5.41, 5.74) is -1.59. The second kappa shape index (κ2) is 6.56. The van der Waals surface area contributed by atoms with Crippen LogP contribution in [0.5, 0.6) is 0 Å². The maximum atomic E-state index is 12.9. The van der Waals surface area contributed by atoms with Gasteiger partial charge in [-0.15, -0.1) is 0 Å². The number of alkyl halides is 3. The molecule has 8 heteroatoms. The molecule has 1 fully saturated rings. The van der Waals surface area contributed by atoms with E-state index in [4.69, 9.17) is 11.6 Å². The van der Waals surface area contributed by atoms with Gasteiger partial charge in [-0.2, -0.15) is 13.2 Å². The van der Waals surface area contributed by atoms with Crippen LogP contribution in [0.1, 0.15) is 31.2 Å². The van der Waals surface area contributed by atoms with Crippen molar-refractivity contribution in [3.05, 3.63) is 28.8 Å². The van der Waals surface area contributed by atoms with E-state index in [1.54, 1.807) is 0 Å². The quantitative estimate of drug-likeness (QED) is 0.815. The Balaban J connectivity index is 2.09. The summed E-state index contributed by atoms with van der Waals surface area (Å²) in [6.07, 6.45) is -1.22. The Hall–Kier alpha value is -1.76. The van der Waals surface area contributed by atoms with Gasteiger partial charge in [0, 0.05) is 11.1 Å². The van der Waals surface area contributed by atoms with Gasteiger partial charge in [0.1, 0.15) is 0 Å². The third kappa shape index (κ3) is 4.13. The van der Waals surface area contributed by atoms with Crippen LogP contribution in [0, 0.1) is 0 Å². The van der Waals surface area contributed by atoms with Crippen LogP contribution >= 0.6 is 11.6 Å². The Labute approximate surface area is 130 Å². The second-order valence-corrected chi connectivity index (χ2v) is 5.53. The smallest absolute Gasteiger partial charge is 0.345 e. The van der Waals surface area contributed by atoms with E-state index < -0.39 is 29.2 Å². The minimum absolute atomic E-state index is 0.0921. The van der Waals surface area contributed by atoms with Crippen molar-refractivity contribution in [2.24, 2.45) is 0 Å². The highest BCUT2D eigenvalue weighted by atomic mass is 35.5. The van der Waals surface area contributed by atoms with E-state index >= 15 is 0 Å². The topological polar surface area (TPSA) is 58.2 Å². The van der Waals surface area contributed by atoms with Crippen LogP contribution in [0.3, 0.4) is 0 Å². The summed E-state index contributed by atoms with van der Waals surface area (Å²) in [4.78, 5) is 23.4. The average molecular weight is 335 g/mol. The summed E-state index contributed by atoms with van der Waals surface area (Å²) >= 11 is 5.54. The molecule has 22 heavy (non-hydrogen) atoms. The normalized spacial score (nSPS) is 15.6. The molecule has 0 heterocycles. The van der Waals surface area contributed by atoms with Crippen LogP contribution in [0.25, 0.3) is 0 Å². The standard InChI is InChI=1S/C14H14ClF3N2O2/c15-8-5-6-11(10(7-8)14(16,17)18)20-13(22)12(21)19-9-3-1-2-4-9/h5-7,9H,1-4H2,(H,19,21)(H,20,22).